The van der Waals surface area contributed by atoms with Gasteiger partial charge in [-0.2, -0.15) is 4.98 Å². The summed E-state index contributed by atoms with van der Waals surface area (Å²) < 4.78 is 10.3. The fourth-order valence-corrected chi connectivity index (χ4v) is 2.44. The second-order valence-electron chi connectivity index (χ2n) is 3.66. The molecule has 102 valence electrons. The molecular formula is C12H14ClN3O2S. The molecule has 2 aromatic rings. The lowest BCUT2D eigenvalue weighted by Gasteiger charge is -2.00. The normalized spacial score (nSPS) is 10.8. The van der Waals surface area contributed by atoms with E-state index in [1.165, 1.54) is 0 Å². The average Bonchev–Trinajstić information content (AvgIpc) is 2.86. The number of aromatic nitrogens is 2. The van der Waals surface area contributed by atoms with Crippen LogP contribution in [0.5, 0.6) is 0 Å². The minimum atomic E-state index is 0.293. The third-order valence-corrected chi connectivity index (χ3v) is 3.70. The molecule has 2 N–H and O–H groups in total. The highest BCUT2D eigenvalue weighted by atomic mass is 35.5. The first-order chi connectivity index (χ1) is 9.29. The summed E-state index contributed by atoms with van der Waals surface area (Å²) in [5.74, 6) is 1.68. The Balaban J connectivity index is 1.85. The summed E-state index contributed by atoms with van der Waals surface area (Å²) >= 11 is 7.63. The van der Waals surface area contributed by atoms with Gasteiger partial charge in [0.05, 0.1) is 17.4 Å². The number of halogens is 1. The summed E-state index contributed by atoms with van der Waals surface area (Å²) in [5.41, 5.74) is 5.32. The summed E-state index contributed by atoms with van der Waals surface area (Å²) in [6.07, 6.45) is 0. The zero-order valence-electron chi connectivity index (χ0n) is 10.2. The second-order valence-corrected chi connectivity index (χ2v) is 5.09. The van der Waals surface area contributed by atoms with E-state index in [0.29, 0.717) is 37.2 Å². The van der Waals surface area contributed by atoms with Crippen molar-refractivity contribution in [3.8, 4) is 0 Å². The van der Waals surface area contributed by atoms with Crippen molar-refractivity contribution in [2.24, 2.45) is 5.73 Å². The maximum atomic E-state index is 6.06. The maximum Gasteiger partial charge on any atom is 0.252 e. The first kappa shape index (κ1) is 14.3. The van der Waals surface area contributed by atoms with E-state index in [1.54, 1.807) is 11.8 Å². The number of nitrogens with zero attached hydrogens (tertiary/aromatic N) is 2. The molecule has 0 aliphatic carbocycles. The molecule has 0 aliphatic heterocycles. The third-order valence-electron chi connectivity index (χ3n) is 2.19. The van der Waals surface area contributed by atoms with Gasteiger partial charge in [-0.25, -0.2) is 0 Å². The minimum absolute atomic E-state index is 0.293. The summed E-state index contributed by atoms with van der Waals surface area (Å²) in [4.78, 5) is 5.21. The van der Waals surface area contributed by atoms with Crippen LogP contribution in [0.1, 0.15) is 11.7 Å². The van der Waals surface area contributed by atoms with E-state index >= 15 is 0 Å². The standard InChI is InChI=1S/C12H14ClN3O2S/c13-9-3-1-2-4-10(9)19-8-11-15-12(18-16-11)7-17-6-5-14/h1-4H,5-8,14H2. The van der Waals surface area contributed by atoms with Crippen molar-refractivity contribution in [3.05, 3.63) is 41.0 Å². The van der Waals surface area contributed by atoms with Gasteiger partial charge in [0.25, 0.3) is 5.89 Å². The minimum Gasteiger partial charge on any atom is -0.370 e. The smallest absolute Gasteiger partial charge is 0.252 e. The fraction of sp³-hybridized carbons (Fsp3) is 0.333. The number of hydrogen-bond acceptors (Lipinski definition) is 6. The van der Waals surface area contributed by atoms with Crippen molar-refractivity contribution in [1.29, 1.82) is 0 Å². The molecule has 5 nitrogen and oxygen atoms in total. The molecule has 0 amide bonds. The lowest BCUT2D eigenvalue weighted by molar-refractivity contribution is 0.104. The van der Waals surface area contributed by atoms with Gasteiger partial charge in [0.1, 0.15) is 6.61 Å². The first-order valence-corrected chi connectivity index (χ1v) is 7.12. The Bertz CT molecular complexity index is 521. The Kier molecular flexibility index (Phi) is 5.65. The van der Waals surface area contributed by atoms with Crippen LogP contribution in [-0.2, 0) is 17.1 Å². The average molecular weight is 300 g/mol. The number of ether oxygens (including phenoxy) is 1. The van der Waals surface area contributed by atoms with Crippen LogP contribution in [0, 0.1) is 0 Å². The van der Waals surface area contributed by atoms with Crippen molar-refractivity contribution in [2.45, 2.75) is 17.3 Å². The van der Waals surface area contributed by atoms with E-state index < -0.39 is 0 Å². The Morgan fingerprint density at radius 3 is 3.00 bits per heavy atom. The van der Waals surface area contributed by atoms with E-state index in [9.17, 15) is 0 Å². The van der Waals surface area contributed by atoms with Gasteiger partial charge in [0.15, 0.2) is 5.82 Å². The Morgan fingerprint density at radius 1 is 1.37 bits per heavy atom. The summed E-state index contributed by atoms with van der Waals surface area (Å²) in [5, 5.41) is 4.60. The first-order valence-electron chi connectivity index (χ1n) is 5.76. The summed E-state index contributed by atoms with van der Waals surface area (Å²) in [6.45, 7) is 1.25. The molecule has 7 heteroatoms. The molecule has 0 aliphatic rings. The predicted molar refractivity (Wildman–Crippen MR) is 74.0 cm³/mol. The Hall–Kier alpha value is -1.08. The van der Waals surface area contributed by atoms with Crippen LogP contribution in [0.4, 0.5) is 0 Å². The van der Waals surface area contributed by atoms with Gasteiger partial charge in [-0.1, -0.05) is 28.9 Å². The van der Waals surface area contributed by atoms with Crippen LogP contribution in [0.15, 0.2) is 33.7 Å². The van der Waals surface area contributed by atoms with E-state index in [-0.39, 0.29) is 0 Å². The molecule has 19 heavy (non-hydrogen) atoms. The molecule has 0 saturated heterocycles. The molecule has 0 atom stereocenters. The number of thioether (sulfide) groups is 1. The topological polar surface area (TPSA) is 74.2 Å². The molecule has 0 unspecified atom stereocenters. The van der Waals surface area contributed by atoms with Crippen molar-refractivity contribution >= 4 is 23.4 Å². The van der Waals surface area contributed by atoms with Crippen molar-refractivity contribution in [3.63, 3.8) is 0 Å². The van der Waals surface area contributed by atoms with Crippen LogP contribution in [0.2, 0.25) is 5.02 Å². The van der Waals surface area contributed by atoms with Crippen LogP contribution >= 0.6 is 23.4 Å². The number of nitrogens with two attached hydrogens (primary N) is 1. The van der Waals surface area contributed by atoms with Gasteiger partial charge >= 0.3 is 0 Å². The van der Waals surface area contributed by atoms with Gasteiger partial charge in [-0.3, -0.25) is 0 Å². The van der Waals surface area contributed by atoms with E-state index in [0.717, 1.165) is 9.92 Å². The maximum absolute atomic E-state index is 6.06. The molecule has 0 fully saturated rings. The van der Waals surface area contributed by atoms with Crippen LogP contribution in [0.3, 0.4) is 0 Å². The van der Waals surface area contributed by atoms with Crippen LogP contribution in [0.25, 0.3) is 0 Å². The molecular weight excluding hydrogens is 286 g/mol. The van der Waals surface area contributed by atoms with Crippen molar-refractivity contribution in [2.75, 3.05) is 13.2 Å². The van der Waals surface area contributed by atoms with Crippen molar-refractivity contribution < 1.29 is 9.26 Å². The molecule has 0 radical (unpaired) electrons. The van der Waals surface area contributed by atoms with Gasteiger partial charge < -0.3 is 15.0 Å². The molecule has 1 aromatic heterocycles. The molecule has 0 saturated carbocycles. The number of hydrogen-bond donors (Lipinski definition) is 1. The zero-order chi connectivity index (χ0) is 13.5. The molecule has 2 rings (SSSR count). The highest BCUT2D eigenvalue weighted by Gasteiger charge is 2.08. The van der Waals surface area contributed by atoms with Gasteiger partial charge in [0, 0.05) is 11.4 Å². The van der Waals surface area contributed by atoms with Crippen LogP contribution < -0.4 is 5.73 Å². The SMILES string of the molecule is NCCOCc1nc(CSc2ccccc2Cl)no1. The molecule has 0 bridgehead atoms. The van der Waals surface area contributed by atoms with Crippen LogP contribution in [-0.4, -0.2) is 23.3 Å². The zero-order valence-corrected chi connectivity index (χ0v) is 11.8. The van der Waals surface area contributed by atoms with Gasteiger partial charge in [-0.15, -0.1) is 11.8 Å². The van der Waals surface area contributed by atoms with E-state index in [1.807, 2.05) is 24.3 Å². The predicted octanol–water partition coefficient (Wildman–Crippen LogP) is 2.49. The highest BCUT2D eigenvalue weighted by Crippen LogP contribution is 2.28. The largest absolute Gasteiger partial charge is 0.370 e. The monoisotopic (exact) mass is 299 g/mol. The van der Waals surface area contributed by atoms with Gasteiger partial charge in [0.2, 0.25) is 0 Å². The Morgan fingerprint density at radius 2 is 2.21 bits per heavy atom. The molecule has 1 aromatic carbocycles. The lowest BCUT2D eigenvalue weighted by Crippen LogP contribution is -2.08. The summed E-state index contributed by atoms with van der Waals surface area (Å²) in [6, 6.07) is 7.65. The quantitative estimate of drug-likeness (QED) is 0.625. The second kappa shape index (κ2) is 7.49. The summed E-state index contributed by atoms with van der Waals surface area (Å²) in [7, 11) is 0. The van der Waals surface area contributed by atoms with E-state index in [4.69, 9.17) is 26.6 Å². The fourth-order valence-electron chi connectivity index (χ4n) is 1.35. The number of rotatable bonds is 7. The molecule has 1 heterocycles. The highest BCUT2D eigenvalue weighted by molar-refractivity contribution is 7.98. The lowest BCUT2D eigenvalue weighted by atomic mass is 10.4. The van der Waals surface area contributed by atoms with E-state index in [2.05, 4.69) is 10.1 Å². The molecule has 0 spiro atoms. The Labute approximate surface area is 120 Å². The third kappa shape index (κ3) is 4.50. The van der Waals surface area contributed by atoms with Gasteiger partial charge in [-0.05, 0) is 12.1 Å². The van der Waals surface area contributed by atoms with Crippen molar-refractivity contribution in [1.82, 2.24) is 10.1 Å². The number of benzene rings is 1.